The zero-order chi connectivity index (χ0) is 21.5. The lowest BCUT2D eigenvalue weighted by molar-refractivity contribution is -0.127. The van der Waals surface area contributed by atoms with Crippen LogP contribution in [-0.2, 0) is 9.59 Å². The van der Waals surface area contributed by atoms with Crippen molar-refractivity contribution in [3.63, 3.8) is 0 Å². The van der Waals surface area contributed by atoms with E-state index >= 15 is 0 Å². The highest BCUT2D eigenvalue weighted by atomic mass is 32.2. The van der Waals surface area contributed by atoms with E-state index in [9.17, 15) is 9.59 Å². The molecule has 0 aromatic carbocycles. The first kappa shape index (κ1) is 26.5. The highest BCUT2D eigenvalue weighted by Crippen LogP contribution is 2.13. The third-order valence-corrected chi connectivity index (χ3v) is 5.38. The van der Waals surface area contributed by atoms with Crippen molar-refractivity contribution in [2.24, 2.45) is 0 Å². The van der Waals surface area contributed by atoms with Crippen molar-refractivity contribution in [3.05, 3.63) is 34.9 Å². The molecule has 0 aromatic rings. The van der Waals surface area contributed by atoms with E-state index < -0.39 is 6.04 Å². The molecule has 28 heavy (non-hydrogen) atoms. The van der Waals surface area contributed by atoms with Crippen molar-refractivity contribution >= 4 is 23.6 Å². The third kappa shape index (κ3) is 15.6. The van der Waals surface area contributed by atoms with Crippen LogP contribution in [0.3, 0.4) is 0 Å². The molecular formula is C23H40N2O2S. The van der Waals surface area contributed by atoms with Gasteiger partial charge in [-0.25, -0.2) is 0 Å². The second-order valence-corrected chi connectivity index (χ2v) is 8.90. The Kier molecular flexibility index (Phi) is 14.6. The van der Waals surface area contributed by atoms with Gasteiger partial charge in [0.15, 0.2) is 0 Å². The van der Waals surface area contributed by atoms with Crippen LogP contribution in [-0.4, -0.2) is 35.4 Å². The molecule has 0 spiro atoms. The Labute approximate surface area is 176 Å². The normalized spacial score (nSPS) is 14.2. The van der Waals surface area contributed by atoms with Crippen LogP contribution in [0.2, 0.25) is 0 Å². The van der Waals surface area contributed by atoms with Crippen LogP contribution in [0, 0.1) is 0 Å². The van der Waals surface area contributed by atoms with Crippen molar-refractivity contribution in [2.45, 2.75) is 86.2 Å². The predicted molar refractivity (Wildman–Crippen MR) is 124 cm³/mol. The van der Waals surface area contributed by atoms with Gasteiger partial charge in [-0.05, 0) is 67.2 Å². The van der Waals surface area contributed by atoms with Gasteiger partial charge in [0.05, 0.1) is 0 Å². The van der Waals surface area contributed by atoms with Gasteiger partial charge in [-0.2, -0.15) is 11.8 Å². The zero-order valence-corrected chi connectivity index (χ0v) is 19.7. The highest BCUT2D eigenvalue weighted by Gasteiger charge is 2.15. The van der Waals surface area contributed by atoms with Crippen LogP contribution < -0.4 is 10.6 Å². The number of rotatable bonds is 13. The van der Waals surface area contributed by atoms with Crippen LogP contribution in [0.1, 0.15) is 74.1 Å². The molecule has 0 fully saturated rings. The zero-order valence-electron chi connectivity index (χ0n) is 18.9. The molecule has 0 radical (unpaired) electrons. The lowest BCUT2D eigenvalue weighted by Gasteiger charge is -2.17. The summed E-state index contributed by atoms with van der Waals surface area (Å²) in [4.78, 5) is 22.9. The van der Waals surface area contributed by atoms with E-state index in [1.165, 1.54) is 23.6 Å². The maximum absolute atomic E-state index is 11.9. The maximum Gasteiger partial charge on any atom is 0.242 e. The van der Waals surface area contributed by atoms with Gasteiger partial charge in [-0.1, -0.05) is 34.9 Å². The monoisotopic (exact) mass is 408 g/mol. The van der Waals surface area contributed by atoms with Crippen molar-refractivity contribution < 1.29 is 9.59 Å². The van der Waals surface area contributed by atoms with Gasteiger partial charge in [0.1, 0.15) is 6.04 Å². The van der Waals surface area contributed by atoms with E-state index in [1.54, 1.807) is 6.92 Å². The Hall–Kier alpha value is -1.49. The van der Waals surface area contributed by atoms with Gasteiger partial charge < -0.3 is 10.6 Å². The van der Waals surface area contributed by atoms with Crippen LogP contribution in [0.5, 0.6) is 0 Å². The molecule has 2 unspecified atom stereocenters. The lowest BCUT2D eigenvalue weighted by atomic mass is 10.1. The van der Waals surface area contributed by atoms with E-state index in [0.717, 1.165) is 37.2 Å². The van der Waals surface area contributed by atoms with Crippen molar-refractivity contribution in [1.82, 2.24) is 10.6 Å². The fourth-order valence-corrected chi connectivity index (χ4v) is 3.54. The number of hydrogen-bond acceptors (Lipinski definition) is 3. The molecule has 0 bridgehead atoms. The van der Waals surface area contributed by atoms with E-state index in [0.29, 0.717) is 0 Å². The summed E-state index contributed by atoms with van der Waals surface area (Å²) >= 11 is 1.81. The Balaban J connectivity index is 4.01. The average molecular weight is 409 g/mol. The molecule has 160 valence electrons. The van der Waals surface area contributed by atoms with E-state index in [4.69, 9.17) is 0 Å². The molecule has 2 atom stereocenters. The third-order valence-electron chi connectivity index (χ3n) is 4.24. The smallest absolute Gasteiger partial charge is 0.242 e. The molecule has 0 aromatic heterocycles. The van der Waals surface area contributed by atoms with Gasteiger partial charge in [0.25, 0.3) is 0 Å². The minimum absolute atomic E-state index is 0.0776. The second kappa shape index (κ2) is 15.4. The Morgan fingerprint density at radius 2 is 1.43 bits per heavy atom. The van der Waals surface area contributed by atoms with E-state index in [-0.39, 0.29) is 17.9 Å². The molecule has 0 aliphatic carbocycles. The van der Waals surface area contributed by atoms with Gasteiger partial charge in [-0.15, -0.1) is 0 Å². The molecule has 0 aliphatic rings. The lowest BCUT2D eigenvalue weighted by Crippen LogP contribution is -2.47. The molecule has 2 N–H and O–H groups in total. The molecule has 0 saturated heterocycles. The summed E-state index contributed by atoms with van der Waals surface area (Å²) in [5.74, 6) is 1.48. The molecule has 0 rings (SSSR count). The Morgan fingerprint density at radius 1 is 0.857 bits per heavy atom. The minimum Gasteiger partial charge on any atom is -0.351 e. The SMILES string of the molecule is CC(=O)NC(C)C(=O)NC(C)CSC/C=C(\C)CC/C=C(\C)CCC=C(C)C. The minimum atomic E-state index is -0.495. The molecule has 0 aliphatic heterocycles. The Bertz CT molecular complexity index is 575. The van der Waals surface area contributed by atoms with Crippen molar-refractivity contribution in [1.29, 1.82) is 0 Å². The van der Waals surface area contributed by atoms with Crippen LogP contribution >= 0.6 is 11.8 Å². The standard InChI is InChI=1S/C23H40N2O2S/c1-17(2)10-8-11-18(3)12-9-13-19(4)14-15-28-16-20(5)24-23(27)21(6)25-22(7)26/h10,12,14,20-21H,8-9,11,13,15-16H2,1-7H3,(H,24,27)(H,25,26)/b18-12+,19-14+. The number of nitrogens with one attached hydrogen (secondary N) is 2. The summed E-state index contributed by atoms with van der Waals surface area (Å²) in [5, 5.41) is 5.54. The first-order valence-corrected chi connectivity index (χ1v) is 11.4. The van der Waals surface area contributed by atoms with Crippen LogP contribution in [0.25, 0.3) is 0 Å². The second-order valence-electron chi connectivity index (χ2n) is 7.83. The molecule has 4 nitrogen and oxygen atoms in total. The number of amides is 2. The maximum atomic E-state index is 11.9. The number of allylic oxidation sites excluding steroid dienone is 5. The molecule has 5 heteroatoms. The summed E-state index contributed by atoms with van der Waals surface area (Å²) in [6.45, 7) is 13.8. The number of thioether (sulfide) groups is 1. The summed E-state index contributed by atoms with van der Waals surface area (Å²) in [6.07, 6.45) is 11.4. The van der Waals surface area contributed by atoms with Crippen molar-refractivity contribution in [2.75, 3.05) is 11.5 Å². The summed E-state index contributed by atoms with van der Waals surface area (Å²) < 4.78 is 0. The van der Waals surface area contributed by atoms with E-state index in [2.05, 4.69) is 56.6 Å². The molecule has 0 heterocycles. The topological polar surface area (TPSA) is 58.2 Å². The Morgan fingerprint density at radius 3 is 2.00 bits per heavy atom. The fraction of sp³-hybridized carbons (Fsp3) is 0.652. The van der Waals surface area contributed by atoms with Gasteiger partial charge >= 0.3 is 0 Å². The summed E-state index contributed by atoms with van der Waals surface area (Å²) in [7, 11) is 0. The number of carbonyl (C=O) groups is 2. The summed E-state index contributed by atoms with van der Waals surface area (Å²) in [6, 6.07) is -0.417. The molecular weight excluding hydrogens is 368 g/mol. The fourth-order valence-electron chi connectivity index (χ4n) is 2.56. The van der Waals surface area contributed by atoms with Gasteiger partial charge in [0, 0.05) is 24.5 Å². The van der Waals surface area contributed by atoms with Crippen molar-refractivity contribution in [3.8, 4) is 0 Å². The quantitative estimate of drug-likeness (QED) is 0.326. The number of carbonyl (C=O) groups excluding carboxylic acids is 2. The van der Waals surface area contributed by atoms with Gasteiger partial charge in [-0.3, -0.25) is 9.59 Å². The summed E-state index contributed by atoms with van der Waals surface area (Å²) in [5.41, 5.74) is 4.27. The van der Waals surface area contributed by atoms with Crippen LogP contribution in [0.15, 0.2) is 34.9 Å². The average Bonchev–Trinajstić information content (AvgIpc) is 2.57. The van der Waals surface area contributed by atoms with Crippen LogP contribution in [0.4, 0.5) is 0 Å². The molecule has 0 saturated carbocycles. The highest BCUT2D eigenvalue weighted by molar-refractivity contribution is 7.99. The molecule has 2 amide bonds. The largest absolute Gasteiger partial charge is 0.351 e. The van der Waals surface area contributed by atoms with Gasteiger partial charge in [0.2, 0.25) is 11.8 Å². The van der Waals surface area contributed by atoms with E-state index in [1.807, 2.05) is 18.7 Å². The number of hydrogen-bond donors (Lipinski definition) is 2. The predicted octanol–water partition coefficient (Wildman–Crippen LogP) is 5.17. The first-order chi connectivity index (χ1) is 13.1. The first-order valence-electron chi connectivity index (χ1n) is 10.2.